The molecule has 0 atom stereocenters. The van der Waals surface area contributed by atoms with Gasteiger partial charge < -0.3 is 10.8 Å². The van der Waals surface area contributed by atoms with Gasteiger partial charge in [0, 0.05) is 18.1 Å². The van der Waals surface area contributed by atoms with Crippen molar-refractivity contribution in [2.24, 2.45) is 5.73 Å². The van der Waals surface area contributed by atoms with Gasteiger partial charge in [-0.1, -0.05) is 12.1 Å². The Bertz CT molecular complexity index is 422. The molecule has 0 fully saturated rings. The summed E-state index contributed by atoms with van der Waals surface area (Å²) in [6.45, 7) is 1.23. The van der Waals surface area contributed by atoms with Crippen LogP contribution in [0.4, 0.5) is 0 Å². The van der Waals surface area contributed by atoms with Gasteiger partial charge in [-0.3, -0.25) is 4.68 Å². The van der Waals surface area contributed by atoms with Crippen LogP contribution in [0.3, 0.4) is 0 Å². The van der Waals surface area contributed by atoms with Gasteiger partial charge in [0.2, 0.25) is 0 Å². The SMILES string of the molecule is NCCn1cc2cccc(O)c2n1. The predicted octanol–water partition coefficient (Wildman–Crippen LogP) is 0.701. The maximum Gasteiger partial charge on any atom is 0.143 e. The van der Waals surface area contributed by atoms with Crippen LogP contribution in [0.15, 0.2) is 24.4 Å². The topological polar surface area (TPSA) is 64.1 Å². The van der Waals surface area contributed by atoms with Crippen LogP contribution in [0.1, 0.15) is 0 Å². The molecule has 0 saturated carbocycles. The van der Waals surface area contributed by atoms with E-state index in [1.807, 2.05) is 12.3 Å². The Morgan fingerprint density at radius 2 is 2.31 bits per heavy atom. The van der Waals surface area contributed by atoms with Crippen molar-refractivity contribution in [3.05, 3.63) is 24.4 Å². The van der Waals surface area contributed by atoms with E-state index in [0.29, 0.717) is 18.6 Å². The smallest absolute Gasteiger partial charge is 0.143 e. The Morgan fingerprint density at radius 1 is 1.46 bits per heavy atom. The Hall–Kier alpha value is -1.55. The molecule has 0 bridgehead atoms. The van der Waals surface area contributed by atoms with Crippen LogP contribution in [0, 0.1) is 0 Å². The van der Waals surface area contributed by atoms with Crippen LogP contribution in [-0.4, -0.2) is 21.4 Å². The van der Waals surface area contributed by atoms with Crippen molar-refractivity contribution in [3.63, 3.8) is 0 Å². The monoisotopic (exact) mass is 177 g/mol. The second kappa shape index (κ2) is 3.06. The standard InChI is InChI=1S/C9H11N3O/c10-4-5-12-6-7-2-1-3-8(13)9(7)11-12/h1-3,6,13H,4-5,10H2. The van der Waals surface area contributed by atoms with E-state index < -0.39 is 0 Å². The first-order valence-corrected chi connectivity index (χ1v) is 4.16. The van der Waals surface area contributed by atoms with Crippen molar-refractivity contribution < 1.29 is 5.11 Å². The summed E-state index contributed by atoms with van der Waals surface area (Å²) in [7, 11) is 0. The molecule has 4 nitrogen and oxygen atoms in total. The highest BCUT2D eigenvalue weighted by atomic mass is 16.3. The molecule has 0 radical (unpaired) electrons. The van der Waals surface area contributed by atoms with Crippen molar-refractivity contribution in [2.45, 2.75) is 6.54 Å². The fourth-order valence-corrected chi connectivity index (χ4v) is 1.33. The number of phenols is 1. The van der Waals surface area contributed by atoms with E-state index in [0.717, 1.165) is 5.39 Å². The first-order valence-electron chi connectivity index (χ1n) is 4.16. The number of nitrogens with zero attached hydrogens (tertiary/aromatic N) is 2. The zero-order chi connectivity index (χ0) is 9.26. The number of aromatic hydroxyl groups is 1. The molecule has 4 heteroatoms. The van der Waals surface area contributed by atoms with Crippen LogP contribution in [0.2, 0.25) is 0 Å². The van der Waals surface area contributed by atoms with Gasteiger partial charge in [0.1, 0.15) is 11.3 Å². The molecule has 0 saturated heterocycles. The number of hydrogen-bond acceptors (Lipinski definition) is 3. The first kappa shape index (κ1) is 8.07. The van der Waals surface area contributed by atoms with E-state index >= 15 is 0 Å². The third kappa shape index (κ3) is 1.36. The minimum Gasteiger partial charge on any atom is -0.506 e. The van der Waals surface area contributed by atoms with Gasteiger partial charge in [-0.15, -0.1) is 0 Å². The molecule has 2 rings (SSSR count). The van der Waals surface area contributed by atoms with E-state index in [9.17, 15) is 5.11 Å². The second-order valence-electron chi connectivity index (χ2n) is 2.90. The largest absolute Gasteiger partial charge is 0.506 e. The van der Waals surface area contributed by atoms with E-state index in [-0.39, 0.29) is 5.75 Å². The molecule has 0 aliphatic carbocycles. The van der Waals surface area contributed by atoms with Gasteiger partial charge in [0.25, 0.3) is 0 Å². The van der Waals surface area contributed by atoms with Gasteiger partial charge in [0.15, 0.2) is 0 Å². The maximum atomic E-state index is 9.45. The van der Waals surface area contributed by atoms with Crippen LogP contribution < -0.4 is 5.73 Å². The number of phenolic OH excluding ortho intramolecular Hbond substituents is 1. The zero-order valence-electron chi connectivity index (χ0n) is 7.14. The predicted molar refractivity (Wildman–Crippen MR) is 50.5 cm³/mol. The third-order valence-electron chi connectivity index (χ3n) is 1.92. The van der Waals surface area contributed by atoms with Crippen molar-refractivity contribution in [1.82, 2.24) is 9.78 Å². The molecule has 0 spiro atoms. The molecular weight excluding hydrogens is 166 g/mol. The lowest BCUT2D eigenvalue weighted by atomic mass is 10.2. The summed E-state index contributed by atoms with van der Waals surface area (Å²) >= 11 is 0. The highest BCUT2D eigenvalue weighted by Crippen LogP contribution is 2.21. The van der Waals surface area contributed by atoms with Crippen molar-refractivity contribution in [3.8, 4) is 5.75 Å². The highest BCUT2D eigenvalue weighted by molar-refractivity contribution is 5.83. The Balaban J connectivity index is 2.55. The molecule has 68 valence electrons. The summed E-state index contributed by atoms with van der Waals surface area (Å²) < 4.78 is 1.74. The second-order valence-corrected chi connectivity index (χ2v) is 2.90. The normalized spacial score (nSPS) is 10.8. The zero-order valence-corrected chi connectivity index (χ0v) is 7.14. The number of aromatic nitrogens is 2. The van der Waals surface area contributed by atoms with E-state index in [2.05, 4.69) is 5.10 Å². The van der Waals surface area contributed by atoms with Crippen LogP contribution in [-0.2, 0) is 6.54 Å². The van der Waals surface area contributed by atoms with Crippen LogP contribution in [0.5, 0.6) is 5.75 Å². The van der Waals surface area contributed by atoms with Gasteiger partial charge in [0.05, 0.1) is 6.54 Å². The Kier molecular flexibility index (Phi) is 1.90. The number of benzene rings is 1. The van der Waals surface area contributed by atoms with Crippen LogP contribution >= 0.6 is 0 Å². The summed E-state index contributed by atoms with van der Waals surface area (Å²) in [4.78, 5) is 0. The summed E-state index contributed by atoms with van der Waals surface area (Å²) in [6, 6.07) is 5.34. The lowest BCUT2D eigenvalue weighted by Gasteiger charge is -1.94. The minimum atomic E-state index is 0.216. The van der Waals surface area contributed by atoms with E-state index in [4.69, 9.17) is 5.73 Å². The molecule has 0 aliphatic rings. The number of hydrogen-bond donors (Lipinski definition) is 2. The van der Waals surface area contributed by atoms with Gasteiger partial charge >= 0.3 is 0 Å². The number of nitrogens with two attached hydrogens (primary N) is 1. The summed E-state index contributed by atoms with van der Waals surface area (Å²) in [5, 5.41) is 14.6. The summed E-state index contributed by atoms with van der Waals surface area (Å²) in [5.74, 6) is 0.216. The molecule has 0 amide bonds. The Morgan fingerprint density at radius 3 is 3.00 bits per heavy atom. The highest BCUT2D eigenvalue weighted by Gasteiger charge is 2.03. The molecule has 0 aliphatic heterocycles. The molecule has 13 heavy (non-hydrogen) atoms. The Labute approximate surface area is 75.6 Å². The lowest BCUT2D eigenvalue weighted by Crippen LogP contribution is -2.09. The average molecular weight is 177 g/mol. The average Bonchev–Trinajstić information content (AvgIpc) is 2.49. The molecule has 3 N–H and O–H groups in total. The van der Waals surface area contributed by atoms with Gasteiger partial charge in [-0.05, 0) is 6.07 Å². The van der Waals surface area contributed by atoms with E-state index in [1.165, 1.54) is 0 Å². The number of rotatable bonds is 2. The fourth-order valence-electron chi connectivity index (χ4n) is 1.33. The quantitative estimate of drug-likeness (QED) is 0.709. The molecule has 2 aromatic rings. The molecule has 1 heterocycles. The van der Waals surface area contributed by atoms with Crippen molar-refractivity contribution in [1.29, 1.82) is 0 Å². The summed E-state index contributed by atoms with van der Waals surface area (Å²) in [6.07, 6.45) is 1.88. The maximum absolute atomic E-state index is 9.45. The fraction of sp³-hybridized carbons (Fsp3) is 0.222. The molecule has 1 aromatic heterocycles. The molecule has 0 unspecified atom stereocenters. The van der Waals surface area contributed by atoms with Gasteiger partial charge in [-0.25, -0.2) is 0 Å². The summed E-state index contributed by atoms with van der Waals surface area (Å²) in [5.41, 5.74) is 6.03. The van der Waals surface area contributed by atoms with Crippen molar-refractivity contribution in [2.75, 3.05) is 6.54 Å². The van der Waals surface area contributed by atoms with Crippen LogP contribution in [0.25, 0.3) is 10.9 Å². The van der Waals surface area contributed by atoms with E-state index in [1.54, 1.807) is 16.8 Å². The minimum absolute atomic E-state index is 0.216. The lowest BCUT2D eigenvalue weighted by molar-refractivity contribution is 0.479. The molecule has 1 aromatic carbocycles. The first-order chi connectivity index (χ1) is 6.31. The number of fused-ring (bicyclic) bond motifs is 1. The third-order valence-corrected chi connectivity index (χ3v) is 1.92. The molecular formula is C9H11N3O. The van der Waals surface area contributed by atoms with Gasteiger partial charge in [-0.2, -0.15) is 5.10 Å². The van der Waals surface area contributed by atoms with Crippen molar-refractivity contribution >= 4 is 10.9 Å².